The molecule has 6 atom stereocenters. The number of Topliss-reactive ketones (excluding diaryl/α,β-unsaturated/α-hetero) is 4. The van der Waals surface area contributed by atoms with E-state index in [1.54, 1.807) is 0 Å². The van der Waals surface area contributed by atoms with E-state index in [0.29, 0.717) is 12.8 Å². The molecule has 2 aliphatic carbocycles. The number of aliphatic carboxylic acids is 2. The molecule has 0 spiro atoms. The van der Waals surface area contributed by atoms with E-state index in [0.717, 1.165) is 38.5 Å². The number of carbonyl (C=O) groups excluding carboxylic acids is 6. The van der Waals surface area contributed by atoms with E-state index in [4.69, 9.17) is 9.11 Å². The number of carboxylic acids is 2. The zero-order valence-electron chi connectivity index (χ0n) is 32.6. The molecule has 308 valence electrons. The molecule has 0 heterocycles. The number of unbranched alkanes of at least 4 members (excludes halogenated alkanes) is 6. The van der Waals surface area contributed by atoms with Crippen molar-refractivity contribution < 1.29 is 144 Å². The Labute approximate surface area is 370 Å². The van der Waals surface area contributed by atoms with Crippen LogP contribution in [0.2, 0.25) is 0 Å². The van der Waals surface area contributed by atoms with E-state index in [1.807, 2.05) is 13.8 Å². The van der Waals surface area contributed by atoms with Gasteiger partial charge in [0.15, 0.2) is 33.6 Å². The molecule has 0 aromatic carbocycles. The fourth-order valence-corrected chi connectivity index (χ4v) is 8.04. The Morgan fingerprint density at radius 2 is 0.911 bits per heavy atom. The van der Waals surface area contributed by atoms with Crippen molar-refractivity contribution in [2.75, 3.05) is 0 Å². The molecule has 6 N–H and O–H groups in total. The van der Waals surface area contributed by atoms with Crippen molar-refractivity contribution in [1.29, 1.82) is 0 Å². The summed E-state index contributed by atoms with van der Waals surface area (Å²) in [5.74, 6) is -9.68. The van der Waals surface area contributed by atoms with Crippen LogP contribution in [0.1, 0.15) is 118 Å². The Morgan fingerprint density at radius 1 is 0.625 bits per heavy atom. The van der Waals surface area contributed by atoms with Crippen LogP contribution in [0.3, 0.4) is 0 Å². The normalized spacial score (nSPS) is 21.1. The number of hydrogen-bond donors (Lipinski definition) is 6. The summed E-state index contributed by atoms with van der Waals surface area (Å²) in [5.41, 5.74) is -9.05. The van der Waals surface area contributed by atoms with Crippen LogP contribution in [0.15, 0.2) is 22.3 Å². The van der Waals surface area contributed by atoms with Gasteiger partial charge in [0.1, 0.15) is 11.2 Å². The van der Waals surface area contributed by atoms with Gasteiger partial charge in [-0.3, -0.25) is 28.3 Å². The first kappa shape index (κ1) is 56.9. The molecule has 0 saturated carbocycles. The maximum Gasteiger partial charge on any atom is 1.00 e. The predicted octanol–water partition coefficient (Wildman–Crippen LogP) is -7.38. The maximum absolute atomic E-state index is 12.5. The number of hydrogen-bond acceptors (Lipinski definition) is 16. The van der Waals surface area contributed by atoms with Gasteiger partial charge in [-0.05, 0) is 25.7 Å². The first-order valence-corrected chi connectivity index (χ1v) is 20.6. The first-order valence-electron chi connectivity index (χ1n) is 17.6. The van der Waals surface area contributed by atoms with E-state index >= 15 is 0 Å². The van der Waals surface area contributed by atoms with Gasteiger partial charge in [-0.25, -0.2) is 0 Å². The average Bonchev–Trinajstić information content (AvgIpc) is 3.07. The second-order valence-corrected chi connectivity index (χ2v) is 16.5. The SMILES string of the molecule is CCCCCCC(O)C(O)(CC)C1=C(C(=O)[O-])C(=O)C(S(=O)(=O)O)CC1=O.CCCCCCC(O)C(O)(CC)C1=C(C(=O)[O-])C(=O)C(S(=O)(=O)O)CC1=O.[Na+].[Na+]. The Bertz CT molecular complexity index is 1610. The average molecular weight is 857 g/mol. The van der Waals surface area contributed by atoms with Gasteiger partial charge in [0.05, 0.1) is 35.3 Å². The van der Waals surface area contributed by atoms with Gasteiger partial charge in [0.2, 0.25) is 0 Å². The van der Waals surface area contributed by atoms with Gasteiger partial charge in [-0.15, -0.1) is 0 Å². The molecule has 0 amide bonds. The van der Waals surface area contributed by atoms with E-state index in [2.05, 4.69) is 0 Å². The molecule has 0 aromatic heterocycles. The van der Waals surface area contributed by atoms with Crippen molar-refractivity contribution in [3.63, 3.8) is 0 Å². The Morgan fingerprint density at radius 3 is 1.12 bits per heavy atom. The number of ketones is 4. The standard InChI is InChI=1S/2C17H26O9S.2Na/c2*1-3-5-6-7-8-12(19)17(23,4-2)14-10(18)9-11(27(24,25)26)15(20)13(14)16(21)22;;/h2*11-12,19,23H,3-9H2,1-2H3,(H,21,22)(H,24,25,26);;/q;;2*+1/p-2. The van der Waals surface area contributed by atoms with Crippen LogP contribution < -0.4 is 69.3 Å². The first-order chi connectivity index (χ1) is 24.8. The topological polar surface area (TPSA) is 338 Å². The molecular weight excluding hydrogens is 806 g/mol. The summed E-state index contributed by atoms with van der Waals surface area (Å²) in [6.07, 6.45) is 0.541. The molecule has 22 heteroatoms. The molecule has 0 bridgehead atoms. The molecule has 0 aliphatic heterocycles. The van der Waals surface area contributed by atoms with E-state index in [1.165, 1.54) is 13.8 Å². The summed E-state index contributed by atoms with van der Waals surface area (Å²) in [5, 5.41) is 61.0. The Balaban J connectivity index is 0. The van der Waals surface area contributed by atoms with Gasteiger partial charge in [0.25, 0.3) is 20.2 Å². The van der Waals surface area contributed by atoms with Gasteiger partial charge >= 0.3 is 59.1 Å². The number of rotatable bonds is 20. The molecule has 6 unspecified atom stereocenters. The molecule has 0 fully saturated rings. The molecule has 18 nitrogen and oxygen atoms in total. The largest absolute Gasteiger partial charge is 1.00 e. The number of carboxylic acid groups (broad SMARTS) is 2. The minimum absolute atomic E-state index is 0. The molecule has 0 aromatic rings. The van der Waals surface area contributed by atoms with Crippen LogP contribution >= 0.6 is 0 Å². The van der Waals surface area contributed by atoms with Crippen molar-refractivity contribution in [3.05, 3.63) is 22.3 Å². The van der Waals surface area contributed by atoms with Crippen molar-refractivity contribution in [2.24, 2.45) is 0 Å². The third kappa shape index (κ3) is 13.9. The van der Waals surface area contributed by atoms with Gasteiger partial charge < -0.3 is 40.2 Å². The summed E-state index contributed by atoms with van der Waals surface area (Å²) in [4.78, 5) is 72.4. The zero-order chi connectivity index (χ0) is 42.0. The van der Waals surface area contributed by atoms with Crippen molar-refractivity contribution >= 4 is 55.3 Å². The minimum atomic E-state index is -5.03. The Hall–Kier alpha value is -1.24. The smallest absolute Gasteiger partial charge is 0.545 e. The van der Waals surface area contributed by atoms with Crippen LogP contribution in [0, 0.1) is 0 Å². The van der Waals surface area contributed by atoms with E-state index in [-0.39, 0.29) is 84.8 Å². The quantitative estimate of drug-likeness (QED) is 0.0287. The van der Waals surface area contributed by atoms with Gasteiger partial charge in [-0.1, -0.05) is 79.1 Å². The summed E-state index contributed by atoms with van der Waals surface area (Å²) < 4.78 is 63.4. The predicted molar refractivity (Wildman–Crippen MR) is 184 cm³/mol. The summed E-state index contributed by atoms with van der Waals surface area (Å²) in [6, 6.07) is 0. The minimum Gasteiger partial charge on any atom is -0.545 e. The number of carbonyl (C=O) groups is 6. The van der Waals surface area contributed by atoms with Crippen LogP contribution in [0.25, 0.3) is 0 Å². The van der Waals surface area contributed by atoms with E-state index < -0.39 is 124 Å². The van der Waals surface area contributed by atoms with Crippen molar-refractivity contribution in [1.82, 2.24) is 0 Å². The monoisotopic (exact) mass is 856 g/mol. The molecule has 56 heavy (non-hydrogen) atoms. The summed E-state index contributed by atoms with van der Waals surface area (Å²) in [6.45, 7) is 6.74. The van der Waals surface area contributed by atoms with Crippen LogP contribution in [-0.4, -0.2) is 115 Å². The number of aliphatic hydroxyl groups excluding tert-OH is 2. The summed E-state index contributed by atoms with van der Waals surface area (Å²) >= 11 is 0. The van der Waals surface area contributed by atoms with Crippen molar-refractivity contribution in [2.45, 2.75) is 151 Å². The summed E-state index contributed by atoms with van der Waals surface area (Å²) in [7, 11) is -10.1. The second-order valence-electron chi connectivity index (χ2n) is 13.4. The molecule has 2 aliphatic rings. The molecule has 0 saturated heterocycles. The Kier molecular flexibility index (Phi) is 24.5. The number of aliphatic hydroxyl groups is 4. The fourth-order valence-electron chi connectivity index (χ4n) is 6.54. The van der Waals surface area contributed by atoms with Crippen LogP contribution in [0.4, 0.5) is 0 Å². The van der Waals surface area contributed by atoms with Gasteiger partial charge in [0, 0.05) is 24.0 Å². The van der Waals surface area contributed by atoms with Crippen LogP contribution in [-0.2, 0) is 49.0 Å². The van der Waals surface area contributed by atoms with E-state index in [9.17, 15) is 76.2 Å². The van der Waals surface area contributed by atoms with Gasteiger partial charge in [-0.2, -0.15) is 16.8 Å². The maximum atomic E-state index is 12.5. The fraction of sp³-hybridized carbons (Fsp3) is 0.706. The molecule has 2 rings (SSSR count). The van der Waals surface area contributed by atoms with Crippen molar-refractivity contribution in [3.8, 4) is 0 Å². The third-order valence-corrected chi connectivity index (χ3v) is 11.9. The zero-order valence-corrected chi connectivity index (χ0v) is 38.2. The van der Waals surface area contributed by atoms with Crippen LogP contribution in [0.5, 0.6) is 0 Å². The molecule has 0 radical (unpaired) electrons. The molecular formula is C34H50Na2O18S2. The second kappa shape index (κ2) is 24.1. The third-order valence-electron chi connectivity index (χ3n) is 9.71.